The number of hydrogen-bond acceptors (Lipinski definition) is 2. The summed E-state index contributed by atoms with van der Waals surface area (Å²) >= 11 is 0. The molecule has 0 aliphatic rings. The lowest BCUT2D eigenvalue weighted by Gasteiger charge is -2.16. The largest absolute Gasteiger partial charge is 0.352 e. The molecule has 3 heteroatoms. The maximum atomic E-state index is 11.3. The van der Waals surface area contributed by atoms with Crippen molar-refractivity contribution >= 4 is 5.91 Å². The summed E-state index contributed by atoms with van der Waals surface area (Å²) in [4.78, 5) is 11.3. The van der Waals surface area contributed by atoms with E-state index in [1.54, 1.807) is 0 Å². The van der Waals surface area contributed by atoms with Crippen LogP contribution in [-0.4, -0.2) is 18.0 Å². The van der Waals surface area contributed by atoms with E-state index < -0.39 is 0 Å². The summed E-state index contributed by atoms with van der Waals surface area (Å²) in [7, 11) is 0. The Morgan fingerprint density at radius 1 is 1.46 bits per heavy atom. The second kappa shape index (κ2) is 6.89. The third-order valence-corrected chi connectivity index (χ3v) is 2.16. The van der Waals surface area contributed by atoms with Crippen LogP contribution in [0.5, 0.6) is 0 Å². The Labute approximate surface area is 81.1 Å². The normalized spacial score (nSPS) is 15.1. The summed E-state index contributed by atoms with van der Waals surface area (Å²) in [5.74, 6) is -0.0221. The average molecular weight is 186 g/mol. The molecule has 13 heavy (non-hydrogen) atoms. The molecule has 0 radical (unpaired) electrons. The zero-order chi connectivity index (χ0) is 10.3. The Morgan fingerprint density at radius 3 is 2.54 bits per heavy atom. The number of nitrogens with two attached hydrogens (primary N) is 1. The van der Waals surface area contributed by atoms with Crippen molar-refractivity contribution in [3.8, 4) is 0 Å². The molecule has 1 amide bonds. The molecule has 3 N–H and O–H groups in total. The first-order valence-electron chi connectivity index (χ1n) is 5.17. The van der Waals surface area contributed by atoms with Crippen LogP contribution in [0.2, 0.25) is 0 Å². The number of amides is 1. The molecular weight excluding hydrogens is 164 g/mol. The van der Waals surface area contributed by atoms with Gasteiger partial charge in [0.25, 0.3) is 0 Å². The molecule has 0 saturated carbocycles. The SMILES string of the molecule is CCCCC(C)NC(=O)[C@@H](N)CC. The molecule has 3 nitrogen and oxygen atoms in total. The molecule has 0 aromatic rings. The van der Waals surface area contributed by atoms with E-state index in [0.29, 0.717) is 6.42 Å². The number of rotatable bonds is 6. The van der Waals surface area contributed by atoms with Crippen LogP contribution in [0, 0.1) is 0 Å². The summed E-state index contributed by atoms with van der Waals surface area (Å²) in [6.07, 6.45) is 4.06. The maximum absolute atomic E-state index is 11.3. The monoisotopic (exact) mass is 186 g/mol. The molecule has 0 bridgehead atoms. The highest BCUT2D eigenvalue weighted by molar-refractivity contribution is 5.81. The van der Waals surface area contributed by atoms with Crippen molar-refractivity contribution in [2.24, 2.45) is 5.73 Å². The number of nitrogens with one attached hydrogen (secondary N) is 1. The van der Waals surface area contributed by atoms with Gasteiger partial charge < -0.3 is 11.1 Å². The van der Waals surface area contributed by atoms with Crippen LogP contribution < -0.4 is 11.1 Å². The van der Waals surface area contributed by atoms with Crippen molar-refractivity contribution in [2.75, 3.05) is 0 Å². The Morgan fingerprint density at radius 2 is 2.08 bits per heavy atom. The van der Waals surface area contributed by atoms with Gasteiger partial charge in [-0.25, -0.2) is 0 Å². The summed E-state index contributed by atoms with van der Waals surface area (Å²) in [6.45, 7) is 6.09. The van der Waals surface area contributed by atoms with Gasteiger partial charge in [0.1, 0.15) is 0 Å². The second-order valence-corrected chi connectivity index (χ2v) is 3.57. The molecule has 0 heterocycles. The van der Waals surface area contributed by atoms with E-state index in [4.69, 9.17) is 5.73 Å². The summed E-state index contributed by atoms with van der Waals surface area (Å²) < 4.78 is 0. The van der Waals surface area contributed by atoms with Gasteiger partial charge in [-0.15, -0.1) is 0 Å². The Bertz CT molecular complexity index is 148. The molecule has 0 fully saturated rings. The van der Waals surface area contributed by atoms with Gasteiger partial charge in [0.05, 0.1) is 6.04 Å². The number of carbonyl (C=O) groups excluding carboxylic acids is 1. The van der Waals surface area contributed by atoms with E-state index in [1.807, 2.05) is 13.8 Å². The number of carbonyl (C=O) groups is 1. The summed E-state index contributed by atoms with van der Waals surface area (Å²) in [5, 5.41) is 2.90. The first kappa shape index (κ1) is 12.4. The molecule has 0 aromatic carbocycles. The van der Waals surface area contributed by atoms with E-state index in [2.05, 4.69) is 12.2 Å². The van der Waals surface area contributed by atoms with E-state index in [1.165, 1.54) is 6.42 Å². The highest BCUT2D eigenvalue weighted by Gasteiger charge is 2.12. The van der Waals surface area contributed by atoms with Crippen molar-refractivity contribution in [3.05, 3.63) is 0 Å². The van der Waals surface area contributed by atoms with Crippen LogP contribution >= 0.6 is 0 Å². The van der Waals surface area contributed by atoms with Gasteiger partial charge in [-0.2, -0.15) is 0 Å². The van der Waals surface area contributed by atoms with E-state index in [0.717, 1.165) is 12.8 Å². The van der Waals surface area contributed by atoms with Crippen molar-refractivity contribution in [2.45, 2.75) is 58.5 Å². The standard InChI is InChI=1S/C10H22N2O/c1-4-6-7-8(3)12-10(13)9(11)5-2/h8-9H,4-7,11H2,1-3H3,(H,12,13)/t8?,9-/m0/s1. The van der Waals surface area contributed by atoms with Gasteiger partial charge in [-0.1, -0.05) is 26.7 Å². The smallest absolute Gasteiger partial charge is 0.237 e. The van der Waals surface area contributed by atoms with Crippen LogP contribution in [0.3, 0.4) is 0 Å². The molecule has 0 aliphatic carbocycles. The minimum Gasteiger partial charge on any atom is -0.352 e. The molecule has 0 aromatic heterocycles. The minimum absolute atomic E-state index is 0.0221. The number of hydrogen-bond donors (Lipinski definition) is 2. The lowest BCUT2D eigenvalue weighted by molar-refractivity contribution is -0.123. The van der Waals surface area contributed by atoms with Crippen molar-refractivity contribution < 1.29 is 4.79 Å². The zero-order valence-corrected chi connectivity index (χ0v) is 8.97. The Balaban J connectivity index is 3.64. The zero-order valence-electron chi connectivity index (χ0n) is 8.97. The predicted octanol–water partition coefficient (Wildman–Crippen LogP) is 1.42. The summed E-state index contributed by atoms with van der Waals surface area (Å²) in [5.41, 5.74) is 5.58. The predicted molar refractivity (Wildman–Crippen MR) is 55.4 cm³/mol. The van der Waals surface area contributed by atoms with E-state index in [-0.39, 0.29) is 18.0 Å². The lowest BCUT2D eigenvalue weighted by Crippen LogP contribution is -2.44. The molecule has 2 atom stereocenters. The lowest BCUT2D eigenvalue weighted by atomic mass is 10.1. The first-order chi connectivity index (χ1) is 6.11. The molecule has 1 unspecified atom stereocenters. The Kier molecular flexibility index (Phi) is 6.59. The molecule has 0 aliphatic heterocycles. The van der Waals surface area contributed by atoms with E-state index in [9.17, 15) is 4.79 Å². The average Bonchev–Trinajstić information content (AvgIpc) is 2.13. The third kappa shape index (κ3) is 5.64. The fraction of sp³-hybridized carbons (Fsp3) is 0.900. The van der Waals surface area contributed by atoms with Crippen LogP contribution in [-0.2, 0) is 4.79 Å². The van der Waals surface area contributed by atoms with Gasteiger partial charge in [-0.3, -0.25) is 4.79 Å². The highest BCUT2D eigenvalue weighted by Crippen LogP contribution is 1.99. The molecule has 0 saturated heterocycles. The van der Waals surface area contributed by atoms with Crippen molar-refractivity contribution in [1.29, 1.82) is 0 Å². The topological polar surface area (TPSA) is 55.1 Å². The maximum Gasteiger partial charge on any atom is 0.237 e. The van der Waals surface area contributed by atoms with Crippen LogP contribution in [0.4, 0.5) is 0 Å². The second-order valence-electron chi connectivity index (χ2n) is 3.57. The first-order valence-corrected chi connectivity index (χ1v) is 5.17. The fourth-order valence-electron chi connectivity index (χ4n) is 1.12. The van der Waals surface area contributed by atoms with Gasteiger partial charge in [0.15, 0.2) is 0 Å². The van der Waals surface area contributed by atoms with Crippen LogP contribution in [0.1, 0.15) is 46.5 Å². The number of unbranched alkanes of at least 4 members (excludes halogenated alkanes) is 1. The Hall–Kier alpha value is -0.570. The van der Waals surface area contributed by atoms with Crippen molar-refractivity contribution in [1.82, 2.24) is 5.32 Å². The quantitative estimate of drug-likeness (QED) is 0.659. The molecule has 0 spiro atoms. The fourth-order valence-corrected chi connectivity index (χ4v) is 1.12. The van der Waals surface area contributed by atoms with Gasteiger partial charge in [0.2, 0.25) is 5.91 Å². The summed E-state index contributed by atoms with van der Waals surface area (Å²) in [6, 6.07) is -0.0888. The molecular formula is C10H22N2O. The molecule has 0 rings (SSSR count). The van der Waals surface area contributed by atoms with Crippen molar-refractivity contribution in [3.63, 3.8) is 0 Å². The third-order valence-electron chi connectivity index (χ3n) is 2.16. The van der Waals surface area contributed by atoms with Gasteiger partial charge in [0, 0.05) is 6.04 Å². The van der Waals surface area contributed by atoms with Gasteiger partial charge in [-0.05, 0) is 19.8 Å². The van der Waals surface area contributed by atoms with Crippen LogP contribution in [0.25, 0.3) is 0 Å². The highest BCUT2D eigenvalue weighted by atomic mass is 16.2. The van der Waals surface area contributed by atoms with Gasteiger partial charge >= 0.3 is 0 Å². The van der Waals surface area contributed by atoms with Crippen LogP contribution in [0.15, 0.2) is 0 Å². The van der Waals surface area contributed by atoms with E-state index >= 15 is 0 Å². The minimum atomic E-state index is -0.343. The molecule has 78 valence electrons.